The van der Waals surface area contributed by atoms with Crippen LogP contribution in [-0.4, -0.2) is 74.0 Å². The number of allylic oxidation sites excluding steroid dienone is 4. The second-order valence-corrected chi connectivity index (χ2v) is 10.3. The molecule has 0 bridgehead atoms. The Morgan fingerprint density at radius 1 is 0.761 bits per heavy atom. The summed E-state index contributed by atoms with van der Waals surface area (Å²) in [4.78, 5) is 20.1. The summed E-state index contributed by atoms with van der Waals surface area (Å²) < 4.78 is 21.0. The zero-order valence-electron chi connectivity index (χ0n) is 24.4. The minimum atomic E-state index is -0.981. The van der Waals surface area contributed by atoms with Gasteiger partial charge in [0.15, 0.2) is 0 Å². The summed E-state index contributed by atoms with van der Waals surface area (Å²) in [5.74, 6) is 1.73. The van der Waals surface area contributed by atoms with Gasteiger partial charge in [0.25, 0.3) is 0 Å². The van der Waals surface area contributed by atoms with Crippen molar-refractivity contribution in [3.05, 3.63) is 75.9 Å². The Kier molecular flexibility index (Phi) is 38.3. The molecule has 1 aliphatic heterocycles. The summed E-state index contributed by atoms with van der Waals surface area (Å²) in [5.41, 5.74) is 0. The van der Waals surface area contributed by atoms with Gasteiger partial charge in [-0.2, -0.15) is 0 Å². The molecule has 3 aliphatic rings. The third kappa shape index (κ3) is 24.2. The van der Waals surface area contributed by atoms with E-state index in [1.165, 1.54) is 12.8 Å². The van der Waals surface area contributed by atoms with Crippen LogP contribution >= 0.6 is 10.1 Å². The molecule has 8 nitrogen and oxygen atoms in total. The van der Waals surface area contributed by atoms with Gasteiger partial charge in [0.1, 0.15) is 18.8 Å². The van der Waals surface area contributed by atoms with Crippen molar-refractivity contribution in [3.63, 3.8) is 0 Å². The van der Waals surface area contributed by atoms with Crippen molar-refractivity contribution in [2.24, 2.45) is 35.5 Å². The van der Waals surface area contributed by atoms with Crippen LogP contribution in [-0.2, 0) is 43.6 Å². The van der Waals surface area contributed by atoms with E-state index in [0.717, 1.165) is 44.8 Å². The molecule has 0 aromatic rings. The molecule has 274 valence electrons. The number of carboxylic acids is 1. The Labute approximate surface area is 293 Å². The van der Waals surface area contributed by atoms with Crippen molar-refractivity contribution in [1.29, 1.82) is 0 Å². The summed E-state index contributed by atoms with van der Waals surface area (Å²) in [6.45, 7) is 24.9. The molecule has 8 unspecified atom stereocenters. The SMILES string of the molecule is C.C.C.C.C=CC(=O)O.C=CC(=O)OCC(O)COCC1CC(C=C)CC1C=C.C=CC1CC(C=C)C(COCC2CO2)C1.[Cl][Cu]. The van der Waals surface area contributed by atoms with E-state index in [2.05, 4.69) is 76.8 Å². The molecule has 8 atom stereocenters. The molecular formula is C36H64ClCuO8. The van der Waals surface area contributed by atoms with Crippen LogP contribution in [0.15, 0.2) is 75.9 Å². The molecule has 0 aromatic carbocycles. The molecule has 46 heavy (non-hydrogen) atoms. The molecular weight excluding hydrogens is 659 g/mol. The number of carbonyl (C=O) groups excluding carboxylic acids is 1. The first kappa shape index (κ1) is 53.5. The molecule has 0 aromatic heterocycles. The zero-order chi connectivity index (χ0) is 31.9. The van der Waals surface area contributed by atoms with E-state index in [4.69, 9.17) is 24.1 Å². The Morgan fingerprint density at radius 3 is 1.54 bits per heavy atom. The summed E-state index contributed by atoms with van der Waals surface area (Å²) in [6, 6.07) is 0. The molecule has 2 aliphatic carbocycles. The van der Waals surface area contributed by atoms with Crippen molar-refractivity contribution in [1.82, 2.24) is 0 Å². The van der Waals surface area contributed by atoms with Crippen LogP contribution in [0.4, 0.5) is 0 Å². The average Bonchev–Trinajstić information content (AvgIpc) is 3.61. The van der Waals surface area contributed by atoms with E-state index in [-0.39, 0.29) is 42.9 Å². The monoisotopic (exact) mass is 722 g/mol. The van der Waals surface area contributed by atoms with Gasteiger partial charge < -0.3 is 29.2 Å². The number of carboxylic acid groups (broad SMARTS) is 1. The predicted molar refractivity (Wildman–Crippen MR) is 189 cm³/mol. The molecule has 3 rings (SSSR count). The number of aliphatic carboxylic acids is 1. The number of esters is 1. The van der Waals surface area contributed by atoms with Crippen LogP contribution in [0.2, 0.25) is 0 Å². The molecule has 3 fully saturated rings. The third-order valence-corrected chi connectivity index (χ3v) is 7.28. The van der Waals surface area contributed by atoms with Crippen LogP contribution in [0.5, 0.6) is 0 Å². The molecule has 10 heteroatoms. The number of aliphatic hydroxyl groups is 1. The topological polar surface area (TPSA) is 115 Å². The van der Waals surface area contributed by atoms with Gasteiger partial charge in [-0.05, 0) is 61.2 Å². The second kappa shape index (κ2) is 33.0. The van der Waals surface area contributed by atoms with Crippen molar-refractivity contribution in [2.45, 2.75) is 67.6 Å². The number of epoxide rings is 1. The van der Waals surface area contributed by atoms with Crippen molar-refractivity contribution >= 4 is 22.0 Å². The normalized spacial score (nSPS) is 25.2. The fourth-order valence-corrected chi connectivity index (χ4v) is 4.91. The molecule has 0 amide bonds. The van der Waals surface area contributed by atoms with E-state index in [1.54, 1.807) is 0 Å². The first-order chi connectivity index (χ1) is 20.2. The quantitative estimate of drug-likeness (QED) is 0.0542. The van der Waals surface area contributed by atoms with Crippen molar-refractivity contribution in [3.8, 4) is 0 Å². The van der Waals surface area contributed by atoms with Crippen LogP contribution in [0.25, 0.3) is 0 Å². The predicted octanol–water partition coefficient (Wildman–Crippen LogP) is 8.01. The molecule has 1 saturated heterocycles. The van der Waals surface area contributed by atoms with Gasteiger partial charge in [0.2, 0.25) is 0 Å². The van der Waals surface area contributed by atoms with Gasteiger partial charge in [-0.1, -0.05) is 67.2 Å². The van der Waals surface area contributed by atoms with E-state index in [9.17, 15) is 14.7 Å². The van der Waals surface area contributed by atoms with Gasteiger partial charge >= 0.3 is 37.1 Å². The number of hydrogen-bond donors (Lipinski definition) is 2. The number of ether oxygens (including phenoxy) is 4. The van der Waals surface area contributed by atoms with E-state index in [0.29, 0.717) is 48.2 Å². The van der Waals surface area contributed by atoms with Gasteiger partial charge in [-0.25, -0.2) is 9.59 Å². The van der Waals surface area contributed by atoms with Crippen LogP contribution in [0.1, 0.15) is 55.4 Å². The Bertz CT molecular complexity index is 848. The fourth-order valence-electron chi connectivity index (χ4n) is 4.91. The van der Waals surface area contributed by atoms with Crippen LogP contribution in [0, 0.1) is 35.5 Å². The van der Waals surface area contributed by atoms with Crippen LogP contribution in [0.3, 0.4) is 0 Å². The van der Waals surface area contributed by atoms with Gasteiger partial charge in [0, 0.05) is 12.2 Å². The number of aliphatic hydroxyl groups excluding tert-OH is 1. The van der Waals surface area contributed by atoms with Crippen LogP contribution < -0.4 is 0 Å². The maximum atomic E-state index is 10.8. The third-order valence-electron chi connectivity index (χ3n) is 7.28. The van der Waals surface area contributed by atoms with Gasteiger partial charge in [-0.15, -0.1) is 26.3 Å². The summed E-state index contributed by atoms with van der Waals surface area (Å²) in [5, 5.41) is 17.2. The summed E-state index contributed by atoms with van der Waals surface area (Å²) >= 11 is 3.66. The van der Waals surface area contributed by atoms with Crippen molar-refractivity contribution in [2.75, 3.05) is 39.6 Å². The summed E-state index contributed by atoms with van der Waals surface area (Å²) in [7, 11) is 4.20. The first-order valence-electron chi connectivity index (χ1n) is 13.9. The number of rotatable bonds is 16. The summed E-state index contributed by atoms with van der Waals surface area (Å²) in [6.07, 6.45) is 14.1. The van der Waals surface area contributed by atoms with Crippen molar-refractivity contribution < 1.29 is 53.9 Å². The minimum absolute atomic E-state index is 0. The Balaban J connectivity index is -0.000000192. The van der Waals surface area contributed by atoms with E-state index >= 15 is 0 Å². The molecule has 0 radical (unpaired) electrons. The zero-order valence-corrected chi connectivity index (χ0v) is 26.1. The standard InChI is InChI=1S/C16H24O4.C13H20O2.C3H4O2.4CH4.ClH.Cu/c1-4-12-7-13(5-2)14(8-12)9-19-10-15(17)11-20-16(18)6-3;1-3-10-5-11(4-2)12(6-10)7-14-8-13-9-15-13;1-2-3(4)5;;;;;;/h4-6,12-15,17H,1-3,7-11H2;3-4,10-13H,1-2,5-9H2;2H,1H2,(H,4,5);4*1H4;1H;/q;;;;;;;;+1/p-1. The Morgan fingerprint density at radius 2 is 1.20 bits per heavy atom. The second-order valence-electron chi connectivity index (χ2n) is 10.3. The Hall–Kier alpha value is -1.97. The van der Waals surface area contributed by atoms with E-state index < -0.39 is 18.0 Å². The number of hydrogen-bond acceptors (Lipinski definition) is 7. The average molecular weight is 724 g/mol. The molecule has 2 N–H and O–H groups in total. The van der Waals surface area contributed by atoms with Gasteiger partial charge in [-0.3, -0.25) is 0 Å². The van der Waals surface area contributed by atoms with E-state index in [1.807, 2.05) is 12.2 Å². The first-order valence-corrected chi connectivity index (χ1v) is 15.2. The molecule has 1 heterocycles. The molecule has 0 spiro atoms. The number of halogens is 1. The number of carbonyl (C=O) groups is 2. The molecule has 2 saturated carbocycles. The maximum absolute atomic E-state index is 10.8. The fraction of sp³-hybridized carbons (Fsp3) is 0.611. The van der Waals surface area contributed by atoms with Gasteiger partial charge in [0.05, 0.1) is 33.0 Å².